The van der Waals surface area contributed by atoms with Gasteiger partial charge in [0.1, 0.15) is 11.9 Å². The number of nitrogens with zero attached hydrogens (tertiary/aromatic N) is 2. The molecule has 6 heteroatoms. The molecule has 3 aliphatic heterocycles. The Morgan fingerprint density at radius 2 is 1.78 bits per heavy atom. The summed E-state index contributed by atoms with van der Waals surface area (Å²) in [6.07, 6.45) is 4.99. The summed E-state index contributed by atoms with van der Waals surface area (Å²) in [5, 5.41) is 28.0. The molecule has 2 fully saturated rings. The van der Waals surface area contributed by atoms with Gasteiger partial charge in [0.05, 0.1) is 16.7 Å². The molecule has 3 N–H and O–H groups in total. The number of aliphatic imine (C=N–C) groups is 1. The van der Waals surface area contributed by atoms with Crippen molar-refractivity contribution in [3.63, 3.8) is 0 Å². The van der Waals surface area contributed by atoms with E-state index in [9.17, 15) is 10.2 Å². The fraction of sp³-hybridized carbons (Fsp3) is 0.400. The summed E-state index contributed by atoms with van der Waals surface area (Å²) in [6, 6.07) is 24.6. The number of phenolic OH excluding ortho intramolecular Hbond substituents is 1. The molecular formula is C35H35N3O3. The largest absolute Gasteiger partial charge is 0.504 e. The Labute approximate surface area is 240 Å². The zero-order valence-corrected chi connectivity index (χ0v) is 23.1. The number of rotatable bonds is 5. The van der Waals surface area contributed by atoms with E-state index in [-0.39, 0.29) is 17.8 Å². The fourth-order valence-corrected chi connectivity index (χ4v) is 8.82. The van der Waals surface area contributed by atoms with E-state index in [4.69, 9.17) is 9.73 Å². The van der Waals surface area contributed by atoms with E-state index in [1.807, 2.05) is 12.1 Å². The number of hydrogen-bond donors (Lipinski definition) is 3. The summed E-state index contributed by atoms with van der Waals surface area (Å²) in [5.74, 6) is 2.40. The second kappa shape index (κ2) is 8.46. The zero-order chi connectivity index (χ0) is 27.3. The predicted molar refractivity (Wildman–Crippen MR) is 157 cm³/mol. The topological polar surface area (TPSA) is 77.3 Å². The monoisotopic (exact) mass is 545 g/mol. The summed E-state index contributed by atoms with van der Waals surface area (Å²) in [5.41, 5.74) is 5.10. The van der Waals surface area contributed by atoms with Crippen LogP contribution in [0.2, 0.25) is 0 Å². The van der Waals surface area contributed by atoms with Gasteiger partial charge in [-0.05, 0) is 66.5 Å². The minimum absolute atomic E-state index is 0.00566. The summed E-state index contributed by atoms with van der Waals surface area (Å²) < 4.78 is 6.85. The summed E-state index contributed by atoms with van der Waals surface area (Å²) in [4.78, 5) is 7.90. The Bertz CT molecular complexity index is 1610. The van der Waals surface area contributed by atoms with Crippen molar-refractivity contribution in [2.75, 3.05) is 13.1 Å². The van der Waals surface area contributed by atoms with Gasteiger partial charge in [-0.25, -0.2) is 0 Å². The maximum atomic E-state index is 13.2. The Kier molecular flexibility index (Phi) is 4.96. The first-order valence-electron chi connectivity index (χ1n) is 15.2. The zero-order valence-electron chi connectivity index (χ0n) is 23.1. The first-order valence-corrected chi connectivity index (χ1v) is 15.2. The normalized spacial score (nSPS) is 32.9. The minimum atomic E-state index is -1.02. The van der Waals surface area contributed by atoms with E-state index in [0.29, 0.717) is 18.6 Å². The molecular weight excluding hydrogens is 510 g/mol. The van der Waals surface area contributed by atoms with Crippen molar-refractivity contribution in [2.24, 2.45) is 10.9 Å². The number of aromatic hydroxyl groups is 1. The molecule has 1 spiro atoms. The third kappa shape index (κ3) is 3.29. The maximum absolute atomic E-state index is 13.2. The minimum Gasteiger partial charge on any atom is -0.504 e. The summed E-state index contributed by atoms with van der Waals surface area (Å²) in [7, 11) is 0. The smallest absolute Gasteiger partial charge is 0.166 e. The third-order valence-corrected chi connectivity index (χ3v) is 10.8. The first-order chi connectivity index (χ1) is 20.0. The first kappa shape index (κ1) is 24.0. The van der Waals surface area contributed by atoms with Crippen LogP contribution in [0.4, 0.5) is 0 Å². The molecule has 0 amide bonds. The van der Waals surface area contributed by atoms with Crippen LogP contribution in [0.15, 0.2) is 89.1 Å². The molecule has 0 radical (unpaired) electrons. The van der Waals surface area contributed by atoms with Crippen molar-refractivity contribution >= 4 is 5.84 Å². The standard InChI is InChI=1S/C35H35N3O3/c39-26-14-13-24-18-27-35(40)19-25-30(23-9-5-2-6-10-23)36-28(17-21-7-3-1-4-8-21)37-31(25)33-34(35,29(24)32(26)41-33)15-16-38(27)20-22-11-12-22/h1-10,13-14,22,27,30,33,39-40H,11-12,15-20H2,(H,36,37)/t27-,30?,33+,34+,35-/m1/s1. The van der Waals surface area contributed by atoms with E-state index in [0.717, 1.165) is 60.1 Å². The van der Waals surface area contributed by atoms with E-state index in [1.165, 1.54) is 24.0 Å². The summed E-state index contributed by atoms with van der Waals surface area (Å²) >= 11 is 0. The Morgan fingerprint density at radius 3 is 2.56 bits per heavy atom. The molecule has 3 aromatic carbocycles. The van der Waals surface area contributed by atoms with Crippen molar-refractivity contribution in [2.45, 2.75) is 67.7 Å². The van der Waals surface area contributed by atoms with Gasteiger partial charge in [0.2, 0.25) is 0 Å². The van der Waals surface area contributed by atoms with E-state index in [1.54, 1.807) is 6.07 Å². The molecule has 0 aromatic heterocycles. The number of phenols is 1. The maximum Gasteiger partial charge on any atom is 0.166 e. The lowest BCUT2D eigenvalue weighted by atomic mass is 9.48. The second-order valence-corrected chi connectivity index (χ2v) is 13.0. The highest BCUT2D eigenvalue weighted by molar-refractivity contribution is 5.88. The van der Waals surface area contributed by atoms with E-state index < -0.39 is 17.1 Å². The molecule has 9 rings (SSSR count). The highest BCUT2D eigenvalue weighted by Gasteiger charge is 2.73. The number of ether oxygens (including phenoxy) is 1. The van der Waals surface area contributed by atoms with Gasteiger partial charge >= 0.3 is 0 Å². The molecule has 2 bridgehead atoms. The SMILES string of the molecule is Oc1ccc2c3c1O[C@H]1C4=C(C[C@@]5(O)[C@@H](C2)N(CC2CC2)CC[C@]315)C(c1ccccc1)N=C(Cc1ccccc1)N4. The van der Waals surface area contributed by atoms with Crippen molar-refractivity contribution < 1.29 is 14.9 Å². The van der Waals surface area contributed by atoms with Crippen LogP contribution < -0.4 is 10.1 Å². The van der Waals surface area contributed by atoms with Crippen molar-refractivity contribution in [1.29, 1.82) is 0 Å². The van der Waals surface area contributed by atoms with Crippen molar-refractivity contribution in [1.82, 2.24) is 10.2 Å². The lowest BCUT2D eigenvalue weighted by Crippen LogP contribution is -2.76. The predicted octanol–water partition coefficient (Wildman–Crippen LogP) is 4.81. The molecule has 3 heterocycles. The quantitative estimate of drug-likeness (QED) is 0.429. The molecule has 6 nitrogen and oxygen atoms in total. The lowest BCUT2D eigenvalue weighted by molar-refractivity contribution is -0.167. The number of likely N-dealkylation sites (tertiary alicyclic amines) is 1. The van der Waals surface area contributed by atoms with Crippen molar-refractivity contribution in [3.05, 3.63) is 106 Å². The van der Waals surface area contributed by atoms with Crippen LogP contribution in [-0.4, -0.2) is 51.8 Å². The number of benzene rings is 3. The highest BCUT2D eigenvalue weighted by atomic mass is 16.5. The van der Waals surface area contributed by atoms with Gasteiger partial charge in [-0.2, -0.15) is 0 Å². The molecule has 1 unspecified atom stereocenters. The van der Waals surface area contributed by atoms with Crippen LogP contribution in [0.5, 0.6) is 11.5 Å². The summed E-state index contributed by atoms with van der Waals surface area (Å²) in [6.45, 7) is 1.99. The fourth-order valence-electron chi connectivity index (χ4n) is 8.82. The van der Waals surface area contributed by atoms with Crippen molar-refractivity contribution in [3.8, 4) is 11.5 Å². The number of amidine groups is 1. The van der Waals surface area contributed by atoms with Gasteiger partial charge in [-0.3, -0.25) is 9.89 Å². The molecule has 3 aromatic rings. The van der Waals surface area contributed by atoms with E-state index >= 15 is 0 Å². The van der Waals surface area contributed by atoms with Gasteiger partial charge in [0.25, 0.3) is 0 Å². The van der Waals surface area contributed by atoms with Gasteiger partial charge in [-0.15, -0.1) is 0 Å². The second-order valence-electron chi connectivity index (χ2n) is 13.0. The van der Waals surface area contributed by atoms with Crippen LogP contribution in [0, 0.1) is 5.92 Å². The van der Waals surface area contributed by atoms with Gasteiger partial charge < -0.3 is 20.3 Å². The van der Waals surface area contributed by atoms with Crippen LogP contribution in [0.3, 0.4) is 0 Å². The molecule has 3 aliphatic carbocycles. The van der Waals surface area contributed by atoms with E-state index in [2.05, 4.69) is 64.8 Å². The number of hydrogen-bond acceptors (Lipinski definition) is 6. The Morgan fingerprint density at radius 1 is 1.00 bits per heavy atom. The van der Waals surface area contributed by atoms with Crippen LogP contribution >= 0.6 is 0 Å². The molecule has 5 atom stereocenters. The molecule has 1 saturated heterocycles. The van der Waals surface area contributed by atoms with Crippen LogP contribution in [-0.2, 0) is 18.3 Å². The lowest BCUT2D eigenvalue weighted by Gasteiger charge is -2.64. The average molecular weight is 546 g/mol. The van der Waals surface area contributed by atoms with Crippen LogP contribution in [0.25, 0.3) is 0 Å². The number of nitrogens with one attached hydrogen (secondary N) is 1. The third-order valence-electron chi connectivity index (χ3n) is 10.8. The number of fused-ring (bicyclic) bond motifs is 1. The Balaban J connectivity index is 1.23. The molecule has 1 saturated carbocycles. The van der Waals surface area contributed by atoms with Gasteiger partial charge in [0.15, 0.2) is 17.6 Å². The average Bonchev–Trinajstić information content (AvgIpc) is 3.73. The van der Waals surface area contributed by atoms with Gasteiger partial charge in [0, 0.05) is 31.0 Å². The highest BCUT2D eigenvalue weighted by Crippen LogP contribution is 2.67. The number of piperidine rings is 1. The molecule has 41 heavy (non-hydrogen) atoms. The number of aliphatic hydroxyl groups is 1. The Hall–Kier alpha value is -3.61. The molecule has 208 valence electrons. The van der Waals surface area contributed by atoms with Crippen LogP contribution in [0.1, 0.15) is 54.0 Å². The van der Waals surface area contributed by atoms with Gasteiger partial charge in [-0.1, -0.05) is 66.7 Å². The molecule has 6 aliphatic rings.